The molecule has 0 aliphatic heterocycles. The van der Waals surface area contributed by atoms with Gasteiger partial charge in [-0.1, -0.05) is 15.9 Å². The fourth-order valence-electron chi connectivity index (χ4n) is 2.23. The Kier molecular flexibility index (Phi) is 6.97. The molecule has 0 spiro atoms. The molecule has 0 radical (unpaired) electrons. The van der Waals surface area contributed by atoms with Crippen molar-refractivity contribution < 1.29 is 29.1 Å². The molecule has 148 valence electrons. The maximum Gasteiger partial charge on any atom is 0.342 e. The highest BCUT2D eigenvalue weighted by Gasteiger charge is 2.20. The molecule has 1 amide bonds. The summed E-state index contributed by atoms with van der Waals surface area (Å²) in [6, 6.07) is 5.47. The molecule has 0 heterocycles. The maximum absolute atomic E-state index is 12.1. The van der Waals surface area contributed by atoms with Crippen molar-refractivity contribution in [2.24, 2.45) is 0 Å². The number of hydrogen-bond acceptors (Lipinski definition) is 7. The van der Waals surface area contributed by atoms with Crippen molar-refractivity contribution in [2.75, 3.05) is 19.0 Å². The summed E-state index contributed by atoms with van der Waals surface area (Å²) in [7, 11) is 1.27. The Bertz CT molecular complexity index is 963. The van der Waals surface area contributed by atoms with Crippen molar-refractivity contribution in [3.8, 4) is 11.5 Å². The Morgan fingerprint density at radius 2 is 1.93 bits per heavy atom. The third-order valence-corrected chi connectivity index (χ3v) is 4.64. The minimum atomic E-state index is -0.896. The Morgan fingerprint density at radius 3 is 2.54 bits per heavy atom. The van der Waals surface area contributed by atoms with Crippen LogP contribution in [0, 0.1) is 17.0 Å². The summed E-state index contributed by atoms with van der Waals surface area (Å²) in [5, 5.41) is 23.4. The fourth-order valence-corrected chi connectivity index (χ4v) is 3.46. The number of phenolic OH excluding ortho intramolecular Hbond substituents is 1. The van der Waals surface area contributed by atoms with Crippen LogP contribution in [0.1, 0.15) is 15.9 Å². The number of halogens is 2. The van der Waals surface area contributed by atoms with Crippen LogP contribution >= 0.6 is 31.9 Å². The molecule has 28 heavy (non-hydrogen) atoms. The zero-order valence-electron chi connectivity index (χ0n) is 14.6. The normalized spacial score (nSPS) is 10.3. The van der Waals surface area contributed by atoms with Gasteiger partial charge in [-0.3, -0.25) is 14.9 Å². The molecule has 0 unspecified atom stereocenters. The lowest BCUT2D eigenvalue weighted by Crippen LogP contribution is -2.21. The lowest BCUT2D eigenvalue weighted by Gasteiger charge is -2.11. The van der Waals surface area contributed by atoms with E-state index < -0.39 is 23.4 Å². The summed E-state index contributed by atoms with van der Waals surface area (Å²) < 4.78 is 10.7. The number of benzene rings is 2. The van der Waals surface area contributed by atoms with E-state index in [1.807, 2.05) is 0 Å². The second kappa shape index (κ2) is 9.02. The molecule has 0 aliphatic carbocycles. The summed E-state index contributed by atoms with van der Waals surface area (Å²) in [6.45, 7) is 0.951. The molecule has 0 saturated heterocycles. The van der Waals surface area contributed by atoms with Gasteiger partial charge in [-0.15, -0.1) is 0 Å². The Hall–Kier alpha value is -2.66. The number of nitrogens with zero attached hydrogens (tertiary/aromatic N) is 1. The van der Waals surface area contributed by atoms with Gasteiger partial charge >= 0.3 is 11.7 Å². The SMILES string of the molecule is COc1cc(NC(=O)COC(=O)c2cc(Br)cc(Br)c2O)c(C)cc1[N+](=O)[O-]. The van der Waals surface area contributed by atoms with Crippen LogP contribution in [0.15, 0.2) is 33.2 Å². The Morgan fingerprint density at radius 1 is 1.25 bits per heavy atom. The minimum Gasteiger partial charge on any atom is -0.506 e. The number of phenols is 1. The first-order chi connectivity index (χ1) is 13.1. The number of anilines is 1. The number of aromatic hydroxyl groups is 1. The molecule has 11 heteroatoms. The average Bonchev–Trinajstić information content (AvgIpc) is 2.63. The maximum atomic E-state index is 12.1. The number of nitro groups is 1. The van der Waals surface area contributed by atoms with Gasteiger partial charge in [-0.25, -0.2) is 4.79 Å². The first kappa shape index (κ1) is 21.6. The van der Waals surface area contributed by atoms with Crippen LogP contribution in [-0.4, -0.2) is 35.6 Å². The van der Waals surface area contributed by atoms with Crippen LogP contribution in [0.2, 0.25) is 0 Å². The van der Waals surface area contributed by atoms with E-state index in [1.165, 1.54) is 25.3 Å². The van der Waals surface area contributed by atoms with Crippen molar-refractivity contribution in [3.05, 3.63) is 54.5 Å². The van der Waals surface area contributed by atoms with Crippen LogP contribution in [0.4, 0.5) is 11.4 Å². The number of carbonyl (C=O) groups excluding carboxylic acids is 2. The van der Waals surface area contributed by atoms with Crippen LogP contribution in [0.25, 0.3) is 0 Å². The summed E-state index contributed by atoms with van der Waals surface area (Å²) in [5.41, 5.74) is 0.347. The van der Waals surface area contributed by atoms with Gasteiger partial charge in [0.2, 0.25) is 0 Å². The molecule has 2 N–H and O–H groups in total. The monoisotopic (exact) mass is 516 g/mol. The first-order valence-electron chi connectivity index (χ1n) is 7.62. The predicted octanol–water partition coefficient (Wildman–Crippen LogP) is 3.94. The highest BCUT2D eigenvalue weighted by Crippen LogP contribution is 2.33. The third kappa shape index (κ3) is 4.98. The molecule has 0 fully saturated rings. The van der Waals surface area contributed by atoms with E-state index in [-0.39, 0.29) is 32.9 Å². The number of hydrogen-bond donors (Lipinski definition) is 2. The van der Waals surface area contributed by atoms with Gasteiger partial charge in [-0.05, 0) is 40.5 Å². The smallest absolute Gasteiger partial charge is 0.342 e. The summed E-state index contributed by atoms with van der Waals surface area (Å²) in [5.74, 6) is -1.90. The molecule has 2 aromatic rings. The van der Waals surface area contributed by atoms with Crippen molar-refractivity contribution >= 4 is 55.1 Å². The third-order valence-electron chi connectivity index (χ3n) is 3.58. The summed E-state index contributed by atoms with van der Waals surface area (Å²) >= 11 is 6.29. The lowest BCUT2D eigenvalue weighted by atomic mass is 10.1. The predicted molar refractivity (Wildman–Crippen MR) is 107 cm³/mol. The molecule has 2 rings (SSSR count). The average molecular weight is 518 g/mol. The van der Waals surface area contributed by atoms with Crippen molar-refractivity contribution in [2.45, 2.75) is 6.92 Å². The quantitative estimate of drug-likeness (QED) is 0.337. The van der Waals surface area contributed by atoms with Crippen LogP contribution in [0.3, 0.4) is 0 Å². The van der Waals surface area contributed by atoms with Crippen LogP contribution < -0.4 is 10.1 Å². The van der Waals surface area contributed by atoms with Gasteiger partial charge in [0.05, 0.1) is 16.5 Å². The van der Waals surface area contributed by atoms with E-state index in [2.05, 4.69) is 37.2 Å². The second-order valence-electron chi connectivity index (χ2n) is 5.50. The van der Waals surface area contributed by atoms with Crippen molar-refractivity contribution in [1.82, 2.24) is 0 Å². The molecular weight excluding hydrogens is 504 g/mol. The van der Waals surface area contributed by atoms with Crippen molar-refractivity contribution in [1.29, 1.82) is 0 Å². The number of rotatable bonds is 6. The minimum absolute atomic E-state index is 0.0215. The molecule has 0 atom stereocenters. The summed E-state index contributed by atoms with van der Waals surface area (Å²) in [4.78, 5) is 34.6. The Labute approximate surface area is 176 Å². The molecule has 0 bridgehead atoms. The van der Waals surface area contributed by atoms with E-state index in [4.69, 9.17) is 9.47 Å². The lowest BCUT2D eigenvalue weighted by molar-refractivity contribution is -0.385. The van der Waals surface area contributed by atoms with Gasteiger partial charge < -0.3 is 19.9 Å². The van der Waals surface area contributed by atoms with E-state index in [1.54, 1.807) is 13.0 Å². The van der Waals surface area contributed by atoms with Crippen LogP contribution in [-0.2, 0) is 9.53 Å². The second-order valence-corrected chi connectivity index (χ2v) is 7.27. The first-order valence-corrected chi connectivity index (χ1v) is 9.20. The van der Waals surface area contributed by atoms with Gasteiger partial charge in [0, 0.05) is 22.3 Å². The zero-order chi connectivity index (χ0) is 21.0. The number of nitro benzene ring substituents is 1. The van der Waals surface area contributed by atoms with Gasteiger partial charge in [0.15, 0.2) is 12.4 Å². The highest BCUT2D eigenvalue weighted by molar-refractivity contribution is 9.11. The highest BCUT2D eigenvalue weighted by atomic mass is 79.9. The molecule has 0 aliphatic rings. The van der Waals surface area contributed by atoms with E-state index >= 15 is 0 Å². The molecule has 0 aromatic heterocycles. The topological polar surface area (TPSA) is 128 Å². The number of esters is 1. The number of aryl methyl sites for hydroxylation is 1. The van der Waals surface area contributed by atoms with E-state index in [9.17, 15) is 24.8 Å². The standard InChI is InChI=1S/C17H14Br2N2O7/c1-8-3-13(21(25)26)14(27-2)6-12(8)20-15(22)7-28-17(24)10-4-9(18)5-11(19)16(10)23/h3-6,23H,7H2,1-2H3,(H,20,22). The molecule has 9 nitrogen and oxygen atoms in total. The number of ether oxygens (including phenoxy) is 2. The molecule has 0 saturated carbocycles. The zero-order valence-corrected chi connectivity index (χ0v) is 17.8. The molecule has 2 aromatic carbocycles. The largest absolute Gasteiger partial charge is 0.506 e. The number of amides is 1. The number of methoxy groups -OCH3 is 1. The molecular formula is C17H14Br2N2O7. The van der Waals surface area contributed by atoms with Crippen LogP contribution in [0.5, 0.6) is 11.5 Å². The van der Waals surface area contributed by atoms with E-state index in [0.717, 1.165) is 0 Å². The number of nitrogens with one attached hydrogen (secondary N) is 1. The van der Waals surface area contributed by atoms with Gasteiger partial charge in [0.25, 0.3) is 5.91 Å². The van der Waals surface area contributed by atoms with E-state index in [0.29, 0.717) is 10.0 Å². The summed E-state index contributed by atoms with van der Waals surface area (Å²) in [6.07, 6.45) is 0. The number of carbonyl (C=O) groups is 2. The fraction of sp³-hybridized carbons (Fsp3) is 0.176. The van der Waals surface area contributed by atoms with Gasteiger partial charge in [0.1, 0.15) is 11.3 Å². The van der Waals surface area contributed by atoms with Crippen molar-refractivity contribution in [3.63, 3.8) is 0 Å². The van der Waals surface area contributed by atoms with Gasteiger partial charge in [-0.2, -0.15) is 0 Å². The Balaban J connectivity index is 2.09.